The van der Waals surface area contributed by atoms with E-state index in [0.717, 1.165) is 37.5 Å². The van der Waals surface area contributed by atoms with Crippen LogP contribution in [0, 0.1) is 11.3 Å². The van der Waals surface area contributed by atoms with Crippen molar-refractivity contribution in [1.29, 1.82) is 0 Å². The molecule has 2 saturated heterocycles. The van der Waals surface area contributed by atoms with Crippen LogP contribution in [0.15, 0.2) is 72.1 Å². The van der Waals surface area contributed by atoms with Gasteiger partial charge in [0.1, 0.15) is 0 Å². The van der Waals surface area contributed by atoms with Gasteiger partial charge in [0.25, 0.3) is 0 Å². The molecule has 2 bridgehead atoms. The van der Waals surface area contributed by atoms with Gasteiger partial charge in [0.05, 0.1) is 29.5 Å². The fourth-order valence-corrected chi connectivity index (χ4v) is 9.27. The topological polar surface area (TPSA) is 86.1 Å². The number of nitrogens with zero attached hydrogens (tertiary/aromatic N) is 2. The molecule has 0 amide bonds. The Balaban J connectivity index is 1.15. The van der Waals surface area contributed by atoms with E-state index in [1.807, 2.05) is 18.5 Å². The number of rotatable bonds is 2. The molecule has 2 aromatic rings. The predicted octanol–water partition coefficient (Wildman–Crippen LogP) is 3.63. The van der Waals surface area contributed by atoms with Crippen LogP contribution in [0.2, 0.25) is 0 Å². The number of benzene rings is 1. The van der Waals surface area contributed by atoms with E-state index in [1.54, 1.807) is 0 Å². The van der Waals surface area contributed by atoms with Crippen LogP contribution in [0.4, 0.5) is 0 Å². The van der Waals surface area contributed by atoms with E-state index in [2.05, 4.69) is 59.3 Å². The summed E-state index contributed by atoms with van der Waals surface area (Å²) >= 11 is 0. The van der Waals surface area contributed by atoms with Crippen LogP contribution in [-0.2, 0) is 4.74 Å². The van der Waals surface area contributed by atoms with Crippen LogP contribution >= 0.6 is 0 Å². The first-order valence-electron chi connectivity index (χ1n) is 14.2. The van der Waals surface area contributed by atoms with Crippen molar-refractivity contribution in [2.45, 2.75) is 80.5 Å². The second kappa shape index (κ2) is 7.86. The molecule has 4 heterocycles. The smallest absolute Gasteiger partial charge is 0.0976 e. The predicted molar refractivity (Wildman–Crippen MR) is 144 cm³/mol. The first-order valence-corrected chi connectivity index (χ1v) is 14.2. The lowest BCUT2D eigenvalue weighted by atomic mass is 9.58. The molecule has 1 unspecified atom stereocenters. The molecule has 1 aromatic carbocycles. The van der Waals surface area contributed by atoms with Gasteiger partial charge in [-0.05, 0) is 71.7 Å². The van der Waals surface area contributed by atoms with E-state index in [-0.39, 0.29) is 34.5 Å². The number of fused-ring (bicyclic) bond motifs is 2. The van der Waals surface area contributed by atoms with Crippen LogP contribution in [0.1, 0.15) is 50.5 Å². The maximum Gasteiger partial charge on any atom is 0.0976 e. The number of aliphatic hydroxyl groups excluding tert-OH is 3. The third-order valence-electron chi connectivity index (χ3n) is 11.1. The average molecular weight is 513 g/mol. The van der Waals surface area contributed by atoms with Gasteiger partial charge in [0.2, 0.25) is 0 Å². The van der Waals surface area contributed by atoms with Crippen LogP contribution < -0.4 is 0 Å². The quantitative estimate of drug-likeness (QED) is 0.570. The zero-order valence-electron chi connectivity index (χ0n) is 21.8. The van der Waals surface area contributed by atoms with Crippen LogP contribution in [-0.4, -0.2) is 73.8 Å². The summed E-state index contributed by atoms with van der Waals surface area (Å²) in [7, 11) is 0. The highest BCUT2D eigenvalue weighted by molar-refractivity contribution is 5.82. The molecule has 1 aromatic heterocycles. The minimum absolute atomic E-state index is 0.0429. The van der Waals surface area contributed by atoms with Gasteiger partial charge in [-0.2, -0.15) is 0 Å². The first-order chi connectivity index (χ1) is 18.3. The summed E-state index contributed by atoms with van der Waals surface area (Å²) in [4.78, 5) is 6.53. The van der Waals surface area contributed by atoms with E-state index in [0.29, 0.717) is 13.1 Å². The molecule has 8 rings (SSSR count). The van der Waals surface area contributed by atoms with Gasteiger partial charge >= 0.3 is 0 Å². The Morgan fingerprint density at radius 1 is 1.00 bits per heavy atom. The molecule has 6 heteroatoms. The van der Waals surface area contributed by atoms with E-state index in [9.17, 15) is 15.3 Å². The summed E-state index contributed by atoms with van der Waals surface area (Å²) in [5.74, 6) is 0.276. The van der Waals surface area contributed by atoms with Gasteiger partial charge in [-0.15, -0.1) is 0 Å². The molecule has 6 nitrogen and oxygen atoms in total. The Morgan fingerprint density at radius 2 is 1.84 bits per heavy atom. The molecule has 3 aliphatic carbocycles. The minimum atomic E-state index is -0.684. The summed E-state index contributed by atoms with van der Waals surface area (Å²) in [5.41, 5.74) is 2.93. The number of hydrogen-bond acceptors (Lipinski definition) is 6. The van der Waals surface area contributed by atoms with E-state index in [4.69, 9.17) is 4.74 Å². The lowest BCUT2D eigenvalue weighted by Crippen LogP contribution is -2.54. The third-order valence-corrected chi connectivity index (χ3v) is 11.1. The monoisotopic (exact) mass is 512 g/mol. The fourth-order valence-electron chi connectivity index (χ4n) is 9.27. The molecular formula is C32H36N2O4. The molecule has 3 N–H and O–H groups in total. The molecule has 1 saturated carbocycles. The van der Waals surface area contributed by atoms with Crippen molar-refractivity contribution < 1.29 is 20.1 Å². The van der Waals surface area contributed by atoms with E-state index >= 15 is 0 Å². The van der Waals surface area contributed by atoms with Gasteiger partial charge in [-0.25, -0.2) is 0 Å². The Kier molecular flexibility index (Phi) is 4.87. The molecule has 2 spiro atoms. The highest BCUT2D eigenvalue weighted by Gasteiger charge is 2.68. The molecule has 3 fully saturated rings. The molecule has 0 radical (unpaired) electrons. The number of aromatic nitrogens is 1. The molecule has 38 heavy (non-hydrogen) atoms. The van der Waals surface area contributed by atoms with Crippen LogP contribution in [0.25, 0.3) is 10.8 Å². The lowest BCUT2D eigenvalue weighted by molar-refractivity contribution is -0.132. The Morgan fingerprint density at radius 3 is 2.68 bits per heavy atom. The van der Waals surface area contributed by atoms with Crippen LogP contribution in [0.5, 0.6) is 0 Å². The average Bonchev–Trinajstić information content (AvgIpc) is 3.51. The molecule has 6 aliphatic rings. The number of pyridine rings is 1. The number of allylic oxidation sites excluding steroid dienone is 1. The first kappa shape index (κ1) is 23.5. The van der Waals surface area contributed by atoms with Crippen molar-refractivity contribution in [2.24, 2.45) is 11.3 Å². The number of β-amino-alcohol motifs (C(OH)–C–C–N with tert-alkyl or cyclic N) is 2. The van der Waals surface area contributed by atoms with Crippen molar-refractivity contribution in [3.05, 3.63) is 77.7 Å². The van der Waals surface area contributed by atoms with Crippen LogP contribution in [0.3, 0.4) is 0 Å². The second-order valence-corrected chi connectivity index (χ2v) is 13.0. The summed E-state index contributed by atoms with van der Waals surface area (Å²) in [6.45, 7) is 3.37. The highest BCUT2D eigenvalue weighted by atomic mass is 16.5. The molecule has 9 atom stereocenters. The van der Waals surface area contributed by atoms with E-state index < -0.39 is 18.3 Å². The van der Waals surface area contributed by atoms with Crippen molar-refractivity contribution >= 4 is 10.8 Å². The van der Waals surface area contributed by atoms with Crippen molar-refractivity contribution in [3.8, 4) is 0 Å². The second-order valence-electron chi connectivity index (χ2n) is 13.0. The number of likely N-dealkylation sites (tertiary alicyclic amines) is 1. The summed E-state index contributed by atoms with van der Waals surface area (Å²) < 4.78 is 7.35. The Bertz CT molecular complexity index is 1410. The summed E-state index contributed by atoms with van der Waals surface area (Å²) in [5, 5.41) is 34.2. The summed E-state index contributed by atoms with van der Waals surface area (Å²) in [6.07, 6.45) is 15.6. The zero-order chi connectivity index (χ0) is 25.9. The van der Waals surface area contributed by atoms with Crippen molar-refractivity contribution in [3.63, 3.8) is 0 Å². The Labute approximate surface area is 223 Å². The molecular weight excluding hydrogens is 476 g/mol. The standard InChI is InChI=1S/C32H36N2O4/c1-30-8-6-23-13-22-4-5-24(34-17-26(36)27(37)18-34)15-31(22)9-10-32(23,38-31)28(30)14-25(35)29(30)20-3-2-19-7-11-33-16-21(19)12-20/h2-7,11-13,16,24-29,35-37H,8-10,14-15,17-18H2,1H3/t24-,25-,26+,27+,28-,29+,30+,31-,32?/m1/s1. The Hall–Kier alpha value is -2.35. The van der Waals surface area contributed by atoms with Gasteiger partial charge in [0, 0.05) is 48.7 Å². The third kappa shape index (κ3) is 3.04. The van der Waals surface area contributed by atoms with Gasteiger partial charge in [-0.3, -0.25) is 9.88 Å². The largest absolute Gasteiger partial charge is 0.392 e. The number of ether oxygens (including phenoxy) is 1. The van der Waals surface area contributed by atoms with Gasteiger partial charge < -0.3 is 20.1 Å². The number of hydrogen-bond donors (Lipinski definition) is 3. The normalized spacial score (nSPS) is 45.5. The number of aliphatic hydroxyl groups is 3. The summed E-state index contributed by atoms with van der Waals surface area (Å²) in [6, 6.07) is 8.77. The SMILES string of the molecule is C[C@]12CC=C3C=C4C=C[C@@H](N5C[C@H](O)[C@@H](O)C5)C[C@]45CCC3(O5)[C@@H]1C[C@@H](O)[C@@H]2c1ccc2ccncc2c1. The maximum atomic E-state index is 11.6. The van der Waals surface area contributed by atoms with Crippen molar-refractivity contribution in [1.82, 2.24) is 9.88 Å². The van der Waals surface area contributed by atoms with E-state index in [1.165, 1.54) is 22.1 Å². The molecule has 3 aliphatic heterocycles. The van der Waals surface area contributed by atoms with Crippen molar-refractivity contribution in [2.75, 3.05) is 13.1 Å². The lowest BCUT2D eigenvalue weighted by Gasteiger charge is -2.54. The maximum absolute atomic E-state index is 11.6. The zero-order valence-corrected chi connectivity index (χ0v) is 21.8. The minimum Gasteiger partial charge on any atom is -0.392 e. The van der Waals surface area contributed by atoms with Gasteiger partial charge in [0.15, 0.2) is 0 Å². The fraction of sp³-hybridized carbons (Fsp3) is 0.531. The van der Waals surface area contributed by atoms with Gasteiger partial charge in [-0.1, -0.05) is 43.4 Å². The molecule has 198 valence electrons. The highest BCUT2D eigenvalue weighted by Crippen LogP contribution is 2.69.